The molecule has 0 spiro atoms. The highest BCUT2D eigenvalue weighted by atomic mass is 16.5. The first-order valence-electron chi connectivity index (χ1n) is 5.78. The Morgan fingerprint density at radius 2 is 2.11 bits per heavy atom. The average Bonchev–Trinajstić information content (AvgIpc) is 2.70. The van der Waals surface area contributed by atoms with Crippen molar-refractivity contribution in [1.82, 2.24) is 4.98 Å². The fourth-order valence-electron chi connectivity index (χ4n) is 1.68. The third-order valence-corrected chi connectivity index (χ3v) is 2.66. The second kappa shape index (κ2) is 5.49. The third kappa shape index (κ3) is 2.77. The van der Waals surface area contributed by atoms with Gasteiger partial charge >= 0.3 is 0 Å². The highest BCUT2D eigenvalue weighted by Crippen LogP contribution is 2.18. The summed E-state index contributed by atoms with van der Waals surface area (Å²) < 4.78 is 11.1. The fourth-order valence-corrected chi connectivity index (χ4v) is 1.68. The first-order chi connectivity index (χ1) is 8.70. The number of oxazole rings is 1. The smallest absolute Gasteiger partial charge is 0.232 e. The first-order valence-corrected chi connectivity index (χ1v) is 5.78. The number of carbonyl (C=O) groups is 1. The lowest BCUT2D eigenvalue weighted by atomic mass is 10.2. The van der Waals surface area contributed by atoms with Gasteiger partial charge in [-0.15, -0.1) is 0 Å². The Bertz CT molecular complexity index is 546. The summed E-state index contributed by atoms with van der Waals surface area (Å²) >= 11 is 0. The minimum absolute atomic E-state index is 0.268. The van der Waals surface area contributed by atoms with E-state index in [9.17, 15) is 4.79 Å². The van der Waals surface area contributed by atoms with Crippen molar-refractivity contribution in [3.8, 4) is 5.75 Å². The molecule has 2 aromatic rings. The van der Waals surface area contributed by atoms with Gasteiger partial charge in [-0.1, -0.05) is 18.2 Å². The van der Waals surface area contributed by atoms with Gasteiger partial charge in [0.2, 0.25) is 5.89 Å². The molecule has 0 saturated carbocycles. The predicted octanol–water partition coefficient (Wildman–Crippen LogP) is 2.61. The monoisotopic (exact) mass is 245 g/mol. The van der Waals surface area contributed by atoms with Crippen molar-refractivity contribution in [2.45, 2.75) is 26.9 Å². The molecule has 1 aromatic heterocycles. The topological polar surface area (TPSA) is 52.3 Å². The number of nitrogens with zero attached hydrogens (tertiary/aromatic N) is 1. The van der Waals surface area contributed by atoms with Crippen LogP contribution in [0.15, 0.2) is 28.7 Å². The number of hydrogen-bond acceptors (Lipinski definition) is 4. The summed E-state index contributed by atoms with van der Waals surface area (Å²) in [5.41, 5.74) is 1.74. The van der Waals surface area contributed by atoms with Crippen LogP contribution in [0.2, 0.25) is 0 Å². The molecule has 4 heteroatoms. The standard InChI is InChI=1S/C14H15NO3/c1-10-5-3-4-6-13(10)17-9-14-15-12(7-8-16)11(2)18-14/h3-6,8H,7,9H2,1-2H3. The molecule has 0 N–H and O–H groups in total. The number of aryl methyl sites for hydroxylation is 2. The summed E-state index contributed by atoms with van der Waals surface area (Å²) in [5.74, 6) is 1.98. The van der Waals surface area contributed by atoms with E-state index in [4.69, 9.17) is 9.15 Å². The number of rotatable bonds is 5. The molecule has 0 atom stereocenters. The van der Waals surface area contributed by atoms with Gasteiger partial charge in [0.25, 0.3) is 0 Å². The van der Waals surface area contributed by atoms with Crippen LogP contribution in [-0.2, 0) is 17.8 Å². The predicted molar refractivity (Wildman–Crippen MR) is 66.5 cm³/mol. The van der Waals surface area contributed by atoms with Gasteiger partial charge in [-0.05, 0) is 25.5 Å². The molecule has 0 unspecified atom stereocenters. The zero-order valence-corrected chi connectivity index (χ0v) is 10.5. The molecule has 94 valence electrons. The SMILES string of the molecule is Cc1ccccc1OCc1nc(CC=O)c(C)o1. The number of benzene rings is 1. The number of aldehydes is 1. The number of carbonyl (C=O) groups excluding carboxylic acids is 1. The molecule has 0 bridgehead atoms. The van der Waals surface area contributed by atoms with Crippen LogP contribution in [0.5, 0.6) is 5.75 Å². The van der Waals surface area contributed by atoms with Crippen molar-refractivity contribution in [3.05, 3.63) is 47.2 Å². The van der Waals surface area contributed by atoms with E-state index in [1.807, 2.05) is 31.2 Å². The lowest BCUT2D eigenvalue weighted by Crippen LogP contribution is -1.97. The lowest BCUT2D eigenvalue weighted by Gasteiger charge is -2.05. The van der Waals surface area contributed by atoms with E-state index >= 15 is 0 Å². The van der Waals surface area contributed by atoms with Gasteiger partial charge in [0, 0.05) is 6.42 Å². The van der Waals surface area contributed by atoms with Crippen molar-refractivity contribution in [1.29, 1.82) is 0 Å². The molecule has 2 rings (SSSR count). The van der Waals surface area contributed by atoms with E-state index in [1.54, 1.807) is 6.92 Å². The normalized spacial score (nSPS) is 10.3. The molecule has 0 aliphatic rings. The Labute approximate surface area is 106 Å². The van der Waals surface area contributed by atoms with Crippen LogP contribution in [-0.4, -0.2) is 11.3 Å². The maximum atomic E-state index is 10.4. The molecular weight excluding hydrogens is 230 g/mol. The molecule has 18 heavy (non-hydrogen) atoms. The summed E-state index contributed by atoms with van der Waals surface area (Å²) in [6.45, 7) is 4.04. The summed E-state index contributed by atoms with van der Waals surface area (Å²) in [6, 6.07) is 7.76. The van der Waals surface area contributed by atoms with Crippen molar-refractivity contribution in [2.75, 3.05) is 0 Å². The second-order valence-electron chi connectivity index (χ2n) is 4.04. The van der Waals surface area contributed by atoms with E-state index in [0.29, 0.717) is 17.3 Å². The largest absolute Gasteiger partial charge is 0.484 e. The van der Waals surface area contributed by atoms with Gasteiger partial charge in [-0.3, -0.25) is 0 Å². The highest BCUT2D eigenvalue weighted by molar-refractivity contribution is 5.54. The Hall–Kier alpha value is -2.10. The van der Waals surface area contributed by atoms with Crippen molar-refractivity contribution < 1.29 is 13.9 Å². The molecule has 0 amide bonds. The molecule has 0 fully saturated rings. The van der Waals surface area contributed by atoms with E-state index in [1.165, 1.54) is 0 Å². The number of para-hydroxylation sites is 1. The van der Waals surface area contributed by atoms with Gasteiger partial charge in [0.15, 0.2) is 6.61 Å². The minimum atomic E-state index is 0.268. The van der Waals surface area contributed by atoms with Crippen LogP contribution in [0.1, 0.15) is 22.9 Å². The van der Waals surface area contributed by atoms with E-state index in [2.05, 4.69) is 4.98 Å². The second-order valence-corrected chi connectivity index (χ2v) is 4.04. The molecule has 4 nitrogen and oxygen atoms in total. The zero-order chi connectivity index (χ0) is 13.0. The van der Waals surface area contributed by atoms with Crippen molar-refractivity contribution >= 4 is 6.29 Å². The maximum Gasteiger partial charge on any atom is 0.232 e. The Balaban J connectivity index is 2.04. The maximum absolute atomic E-state index is 10.4. The summed E-state index contributed by atoms with van der Waals surface area (Å²) in [5, 5.41) is 0. The average molecular weight is 245 g/mol. The van der Waals surface area contributed by atoms with Crippen LogP contribution in [0.25, 0.3) is 0 Å². The van der Waals surface area contributed by atoms with E-state index < -0.39 is 0 Å². The molecule has 0 aliphatic heterocycles. The van der Waals surface area contributed by atoms with Crippen molar-refractivity contribution in [3.63, 3.8) is 0 Å². The first kappa shape index (κ1) is 12.4. The van der Waals surface area contributed by atoms with E-state index in [-0.39, 0.29) is 13.0 Å². The summed E-state index contributed by atoms with van der Waals surface area (Å²) in [4.78, 5) is 14.7. The molecular formula is C14H15NO3. The van der Waals surface area contributed by atoms with Gasteiger partial charge in [0.1, 0.15) is 17.8 Å². The van der Waals surface area contributed by atoms with Gasteiger partial charge in [0.05, 0.1) is 5.69 Å². The minimum Gasteiger partial charge on any atom is -0.484 e. The molecule has 0 aliphatic carbocycles. The van der Waals surface area contributed by atoms with Crippen molar-refractivity contribution in [2.24, 2.45) is 0 Å². The lowest BCUT2D eigenvalue weighted by molar-refractivity contribution is -0.107. The van der Waals surface area contributed by atoms with Gasteiger partial charge < -0.3 is 13.9 Å². The number of aromatic nitrogens is 1. The van der Waals surface area contributed by atoms with Crippen LogP contribution in [0, 0.1) is 13.8 Å². The Morgan fingerprint density at radius 3 is 2.83 bits per heavy atom. The Kier molecular flexibility index (Phi) is 3.77. The molecule has 1 aromatic carbocycles. The van der Waals surface area contributed by atoms with Crippen LogP contribution >= 0.6 is 0 Å². The molecule has 0 radical (unpaired) electrons. The number of hydrogen-bond donors (Lipinski definition) is 0. The van der Waals surface area contributed by atoms with Crippen LogP contribution in [0.3, 0.4) is 0 Å². The van der Waals surface area contributed by atoms with Gasteiger partial charge in [-0.25, -0.2) is 4.98 Å². The zero-order valence-electron chi connectivity index (χ0n) is 10.5. The summed E-state index contributed by atoms with van der Waals surface area (Å²) in [7, 11) is 0. The fraction of sp³-hybridized carbons (Fsp3) is 0.286. The van der Waals surface area contributed by atoms with Crippen LogP contribution in [0.4, 0.5) is 0 Å². The third-order valence-electron chi connectivity index (χ3n) is 2.66. The number of ether oxygens (including phenoxy) is 1. The highest BCUT2D eigenvalue weighted by Gasteiger charge is 2.09. The summed E-state index contributed by atoms with van der Waals surface area (Å²) in [6.07, 6.45) is 1.09. The van der Waals surface area contributed by atoms with E-state index in [0.717, 1.165) is 17.6 Å². The Morgan fingerprint density at radius 1 is 1.33 bits per heavy atom. The van der Waals surface area contributed by atoms with Crippen LogP contribution < -0.4 is 4.74 Å². The quantitative estimate of drug-likeness (QED) is 0.760. The molecule has 0 saturated heterocycles. The molecule has 1 heterocycles. The van der Waals surface area contributed by atoms with Gasteiger partial charge in [-0.2, -0.15) is 0 Å².